The summed E-state index contributed by atoms with van der Waals surface area (Å²) in [6, 6.07) is 8.30. The van der Waals surface area contributed by atoms with Crippen LogP contribution in [0.3, 0.4) is 0 Å². The Hall–Kier alpha value is -1.16. The average Bonchev–Trinajstić information content (AvgIpc) is 2.44. The largest absolute Gasteiger partial charge is 0.451 e. The summed E-state index contributed by atoms with van der Waals surface area (Å²) in [7, 11) is 0. The number of imidazole rings is 1. The molecular weight excluding hydrogens is 184 g/mol. The third-order valence-corrected chi connectivity index (χ3v) is 1.76. The molecule has 1 aromatic carbocycles. The summed E-state index contributed by atoms with van der Waals surface area (Å²) in [5, 5.41) is 0. The number of rotatable bonds is 2. The first kappa shape index (κ1) is 8.44. The molecular formula is C9H10N2OS. The SMILES string of the molecule is C[C@H](S)Oc1nc2ccccc2[nH]1. The maximum Gasteiger partial charge on any atom is 0.295 e. The van der Waals surface area contributed by atoms with E-state index in [0.717, 1.165) is 11.0 Å². The smallest absolute Gasteiger partial charge is 0.295 e. The molecule has 1 aromatic heterocycles. The fourth-order valence-corrected chi connectivity index (χ4v) is 1.25. The number of fused-ring (bicyclic) bond motifs is 1. The molecule has 0 unspecified atom stereocenters. The number of thiol groups is 1. The molecule has 0 amide bonds. The summed E-state index contributed by atoms with van der Waals surface area (Å²) >= 11 is 4.11. The van der Waals surface area contributed by atoms with E-state index in [0.29, 0.717) is 6.01 Å². The Bertz CT molecular complexity index is 378. The van der Waals surface area contributed by atoms with Gasteiger partial charge in [0.05, 0.1) is 11.0 Å². The Morgan fingerprint density at radius 2 is 2.23 bits per heavy atom. The Kier molecular flexibility index (Phi) is 2.14. The zero-order valence-electron chi connectivity index (χ0n) is 7.19. The number of aromatic amines is 1. The fourth-order valence-electron chi connectivity index (χ4n) is 1.15. The maximum absolute atomic E-state index is 5.30. The van der Waals surface area contributed by atoms with Crippen molar-refractivity contribution in [3.8, 4) is 6.01 Å². The lowest BCUT2D eigenvalue weighted by molar-refractivity contribution is 0.288. The summed E-state index contributed by atoms with van der Waals surface area (Å²) in [4.78, 5) is 7.27. The van der Waals surface area contributed by atoms with E-state index in [2.05, 4.69) is 22.6 Å². The van der Waals surface area contributed by atoms with Crippen molar-refractivity contribution in [3.63, 3.8) is 0 Å². The number of hydrogen-bond donors (Lipinski definition) is 2. The summed E-state index contributed by atoms with van der Waals surface area (Å²) in [6.45, 7) is 1.84. The zero-order chi connectivity index (χ0) is 9.26. The lowest BCUT2D eigenvalue weighted by atomic mass is 10.3. The van der Waals surface area contributed by atoms with Crippen molar-refractivity contribution < 1.29 is 4.74 Å². The Morgan fingerprint density at radius 3 is 2.92 bits per heavy atom. The van der Waals surface area contributed by atoms with E-state index in [4.69, 9.17) is 4.74 Å². The van der Waals surface area contributed by atoms with Crippen molar-refractivity contribution in [1.29, 1.82) is 0 Å². The highest BCUT2D eigenvalue weighted by molar-refractivity contribution is 7.80. The molecule has 0 spiro atoms. The first-order valence-electron chi connectivity index (χ1n) is 4.05. The first-order chi connectivity index (χ1) is 6.25. The molecule has 0 aliphatic heterocycles. The minimum Gasteiger partial charge on any atom is -0.451 e. The van der Waals surface area contributed by atoms with Crippen LogP contribution in [0.1, 0.15) is 6.92 Å². The van der Waals surface area contributed by atoms with E-state index in [1.807, 2.05) is 31.2 Å². The van der Waals surface area contributed by atoms with Gasteiger partial charge in [0.15, 0.2) is 0 Å². The highest BCUT2D eigenvalue weighted by Gasteiger charge is 2.03. The van der Waals surface area contributed by atoms with Gasteiger partial charge >= 0.3 is 0 Å². The summed E-state index contributed by atoms with van der Waals surface area (Å²) in [5.74, 6) is 0. The molecule has 3 nitrogen and oxygen atoms in total. The minimum atomic E-state index is -0.152. The molecule has 68 valence electrons. The molecule has 0 aliphatic rings. The van der Waals surface area contributed by atoms with Crippen LogP contribution < -0.4 is 4.74 Å². The standard InChI is InChI=1S/C9H10N2OS/c1-6(13)12-9-10-7-4-2-3-5-8(7)11-9/h2-6,13H,1H3,(H,10,11)/t6-/m0/s1. The number of nitrogens with one attached hydrogen (secondary N) is 1. The molecule has 0 saturated carbocycles. The summed E-state index contributed by atoms with van der Waals surface area (Å²) < 4.78 is 5.30. The van der Waals surface area contributed by atoms with Crippen molar-refractivity contribution in [2.24, 2.45) is 0 Å². The van der Waals surface area contributed by atoms with Gasteiger partial charge in [-0.15, -0.1) is 12.6 Å². The van der Waals surface area contributed by atoms with E-state index in [-0.39, 0.29) is 5.44 Å². The maximum atomic E-state index is 5.30. The predicted octanol–water partition coefficient (Wildman–Crippen LogP) is 2.22. The Morgan fingerprint density at radius 1 is 1.46 bits per heavy atom. The molecule has 4 heteroatoms. The van der Waals surface area contributed by atoms with Gasteiger partial charge in [0, 0.05) is 0 Å². The second kappa shape index (κ2) is 3.30. The number of ether oxygens (including phenoxy) is 1. The van der Waals surface area contributed by atoms with Crippen LogP contribution >= 0.6 is 12.6 Å². The van der Waals surface area contributed by atoms with Gasteiger partial charge in [-0.2, -0.15) is 4.98 Å². The monoisotopic (exact) mass is 194 g/mol. The average molecular weight is 194 g/mol. The van der Waals surface area contributed by atoms with Crippen LogP contribution in [0.2, 0.25) is 0 Å². The van der Waals surface area contributed by atoms with E-state index < -0.39 is 0 Å². The zero-order valence-corrected chi connectivity index (χ0v) is 8.08. The van der Waals surface area contributed by atoms with Crippen molar-refractivity contribution in [2.75, 3.05) is 0 Å². The van der Waals surface area contributed by atoms with Gasteiger partial charge in [0.1, 0.15) is 5.44 Å². The third-order valence-electron chi connectivity index (χ3n) is 1.65. The van der Waals surface area contributed by atoms with E-state index >= 15 is 0 Å². The van der Waals surface area contributed by atoms with Crippen LogP contribution in [0.4, 0.5) is 0 Å². The first-order valence-corrected chi connectivity index (χ1v) is 4.57. The van der Waals surface area contributed by atoms with E-state index in [9.17, 15) is 0 Å². The second-order valence-corrected chi connectivity index (χ2v) is 3.50. The van der Waals surface area contributed by atoms with Crippen molar-refractivity contribution >= 4 is 23.7 Å². The summed E-state index contributed by atoms with van der Waals surface area (Å²) in [6.07, 6.45) is 0. The molecule has 0 radical (unpaired) electrons. The molecule has 0 saturated heterocycles. The van der Waals surface area contributed by atoms with E-state index in [1.165, 1.54) is 0 Å². The second-order valence-electron chi connectivity index (χ2n) is 2.78. The molecule has 0 bridgehead atoms. The van der Waals surface area contributed by atoms with Gasteiger partial charge in [-0.25, -0.2) is 0 Å². The molecule has 1 N–H and O–H groups in total. The summed E-state index contributed by atoms with van der Waals surface area (Å²) in [5.41, 5.74) is 1.73. The molecule has 1 atom stereocenters. The third kappa shape index (κ3) is 1.78. The minimum absolute atomic E-state index is 0.152. The molecule has 13 heavy (non-hydrogen) atoms. The van der Waals surface area contributed by atoms with Gasteiger partial charge in [-0.05, 0) is 19.1 Å². The van der Waals surface area contributed by atoms with Crippen LogP contribution in [-0.4, -0.2) is 15.4 Å². The van der Waals surface area contributed by atoms with Gasteiger partial charge < -0.3 is 9.72 Å². The number of H-pyrrole nitrogens is 1. The number of para-hydroxylation sites is 2. The Balaban J connectivity index is 2.38. The highest BCUT2D eigenvalue weighted by Crippen LogP contribution is 2.16. The van der Waals surface area contributed by atoms with Gasteiger partial charge in [-0.1, -0.05) is 12.1 Å². The molecule has 1 heterocycles. The van der Waals surface area contributed by atoms with Crippen LogP contribution in [0.15, 0.2) is 24.3 Å². The van der Waals surface area contributed by atoms with Crippen LogP contribution in [0.5, 0.6) is 6.01 Å². The number of benzene rings is 1. The molecule has 0 fully saturated rings. The van der Waals surface area contributed by atoms with Crippen LogP contribution in [0, 0.1) is 0 Å². The molecule has 2 aromatic rings. The van der Waals surface area contributed by atoms with Crippen LogP contribution in [0.25, 0.3) is 11.0 Å². The number of nitrogens with zero attached hydrogens (tertiary/aromatic N) is 1. The van der Waals surface area contributed by atoms with Gasteiger partial charge in [0.2, 0.25) is 0 Å². The number of aromatic nitrogens is 2. The van der Waals surface area contributed by atoms with Crippen LogP contribution in [-0.2, 0) is 0 Å². The van der Waals surface area contributed by atoms with Crippen molar-refractivity contribution in [3.05, 3.63) is 24.3 Å². The quantitative estimate of drug-likeness (QED) is 0.568. The van der Waals surface area contributed by atoms with E-state index in [1.54, 1.807) is 0 Å². The van der Waals surface area contributed by atoms with Crippen molar-refractivity contribution in [1.82, 2.24) is 9.97 Å². The van der Waals surface area contributed by atoms with Gasteiger partial charge in [-0.3, -0.25) is 0 Å². The molecule has 0 aliphatic carbocycles. The topological polar surface area (TPSA) is 37.9 Å². The predicted molar refractivity (Wildman–Crippen MR) is 55.2 cm³/mol. The van der Waals surface area contributed by atoms with Gasteiger partial charge in [0.25, 0.3) is 6.01 Å². The lowest BCUT2D eigenvalue weighted by Crippen LogP contribution is -2.03. The lowest BCUT2D eigenvalue weighted by Gasteiger charge is -2.02. The highest BCUT2D eigenvalue weighted by atomic mass is 32.1. The normalized spacial score (nSPS) is 13.1. The fraction of sp³-hybridized carbons (Fsp3) is 0.222. The Labute approximate surface area is 81.5 Å². The number of hydrogen-bond acceptors (Lipinski definition) is 3. The molecule has 2 rings (SSSR count). The van der Waals surface area contributed by atoms with Crippen molar-refractivity contribution in [2.45, 2.75) is 12.4 Å².